The number of rotatable bonds is 6. The Hall–Kier alpha value is -3.48. The summed E-state index contributed by atoms with van der Waals surface area (Å²) in [6.07, 6.45) is 0. The minimum absolute atomic E-state index is 0.475. The number of ether oxygens (including phenoxy) is 2. The van der Waals surface area contributed by atoms with Crippen molar-refractivity contribution in [2.75, 3.05) is 26.6 Å². The third-order valence-corrected chi connectivity index (χ3v) is 3.92. The SMILES string of the molecule is CN=C(NCc1cc(-c2ccccc2)on1)Nc1ccc(OC)c(OC)c1. The standard InChI is InChI=1S/C20H22N4O3/c1-21-20(23-15-9-10-17(25-2)19(11-15)26-3)22-13-16-12-18(27-24-16)14-7-5-4-6-8-14/h4-12H,13H2,1-3H3,(H2,21,22,23). The van der Waals surface area contributed by atoms with Crippen LogP contribution in [0.4, 0.5) is 5.69 Å². The molecular formula is C20H22N4O3. The highest BCUT2D eigenvalue weighted by Crippen LogP contribution is 2.29. The van der Waals surface area contributed by atoms with Crippen LogP contribution in [0.2, 0.25) is 0 Å². The Morgan fingerprint density at radius 2 is 1.81 bits per heavy atom. The summed E-state index contributed by atoms with van der Waals surface area (Å²) in [6, 6.07) is 17.3. The smallest absolute Gasteiger partial charge is 0.195 e. The molecular weight excluding hydrogens is 344 g/mol. The van der Waals surface area contributed by atoms with Crippen molar-refractivity contribution >= 4 is 11.6 Å². The van der Waals surface area contributed by atoms with Gasteiger partial charge in [-0.25, -0.2) is 0 Å². The lowest BCUT2D eigenvalue weighted by Crippen LogP contribution is -2.30. The van der Waals surface area contributed by atoms with Crippen LogP contribution in [-0.2, 0) is 6.54 Å². The summed E-state index contributed by atoms with van der Waals surface area (Å²) >= 11 is 0. The van der Waals surface area contributed by atoms with Crippen LogP contribution in [-0.4, -0.2) is 32.4 Å². The van der Waals surface area contributed by atoms with Gasteiger partial charge in [-0.1, -0.05) is 35.5 Å². The number of hydrogen-bond donors (Lipinski definition) is 2. The van der Waals surface area contributed by atoms with E-state index in [4.69, 9.17) is 14.0 Å². The van der Waals surface area contributed by atoms with Gasteiger partial charge in [0, 0.05) is 30.4 Å². The molecule has 1 heterocycles. The molecule has 0 aliphatic heterocycles. The third kappa shape index (κ3) is 4.58. The molecule has 0 fully saturated rings. The molecule has 0 aliphatic carbocycles. The first-order valence-electron chi connectivity index (χ1n) is 8.44. The number of benzene rings is 2. The normalized spacial score (nSPS) is 11.1. The molecule has 0 amide bonds. The molecule has 2 aromatic carbocycles. The Morgan fingerprint density at radius 3 is 2.52 bits per heavy atom. The van der Waals surface area contributed by atoms with Crippen LogP contribution in [0.5, 0.6) is 11.5 Å². The van der Waals surface area contributed by atoms with E-state index < -0.39 is 0 Å². The fourth-order valence-corrected chi connectivity index (χ4v) is 2.54. The highest BCUT2D eigenvalue weighted by molar-refractivity contribution is 5.93. The van der Waals surface area contributed by atoms with E-state index in [1.54, 1.807) is 21.3 Å². The van der Waals surface area contributed by atoms with Gasteiger partial charge in [0.2, 0.25) is 0 Å². The molecule has 7 heteroatoms. The number of anilines is 1. The maximum Gasteiger partial charge on any atom is 0.195 e. The Bertz CT molecular complexity index is 907. The van der Waals surface area contributed by atoms with Gasteiger partial charge < -0.3 is 24.6 Å². The predicted octanol–water partition coefficient (Wildman–Crippen LogP) is 3.55. The Kier molecular flexibility index (Phi) is 5.94. The summed E-state index contributed by atoms with van der Waals surface area (Å²) in [6.45, 7) is 0.475. The molecule has 140 valence electrons. The molecule has 0 radical (unpaired) electrons. The van der Waals surface area contributed by atoms with Gasteiger partial charge in [0.05, 0.1) is 20.8 Å². The highest BCUT2D eigenvalue weighted by atomic mass is 16.5. The van der Waals surface area contributed by atoms with E-state index in [0.29, 0.717) is 24.0 Å². The average molecular weight is 366 g/mol. The van der Waals surface area contributed by atoms with Crippen LogP contribution in [0, 0.1) is 0 Å². The zero-order valence-corrected chi connectivity index (χ0v) is 15.5. The van der Waals surface area contributed by atoms with Crippen molar-refractivity contribution in [2.45, 2.75) is 6.54 Å². The quantitative estimate of drug-likeness (QED) is 0.513. The second-order valence-electron chi connectivity index (χ2n) is 5.67. The molecule has 3 rings (SSSR count). The maximum atomic E-state index is 5.41. The first-order valence-corrected chi connectivity index (χ1v) is 8.44. The number of aliphatic imine (C=N–C) groups is 1. The van der Waals surface area contributed by atoms with Gasteiger partial charge in [0.25, 0.3) is 0 Å². The number of nitrogens with one attached hydrogen (secondary N) is 2. The number of guanidine groups is 1. The van der Waals surface area contributed by atoms with Gasteiger partial charge in [0.1, 0.15) is 5.69 Å². The van der Waals surface area contributed by atoms with E-state index in [9.17, 15) is 0 Å². The van der Waals surface area contributed by atoms with Crippen LogP contribution in [0.15, 0.2) is 64.1 Å². The van der Waals surface area contributed by atoms with Crippen LogP contribution in [0.1, 0.15) is 5.69 Å². The zero-order chi connectivity index (χ0) is 19.1. The molecule has 7 nitrogen and oxygen atoms in total. The lowest BCUT2D eigenvalue weighted by Gasteiger charge is -2.13. The van der Waals surface area contributed by atoms with E-state index in [1.165, 1.54) is 0 Å². The topological polar surface area (TPSA) is 80.9 Å². The van der Waals surface area contributed by atoms with E-state index >= 15 is 0 Å². The van der Waals surface area contributed by atoms with Gasteiger partial charge in [-0.15, -0.1) is 0 Å². The molecule has 0 spiro atoms. The maximum absolute atomic E-state index is 5.41. The van der Waals surface area contributed by atoms with E-state index in [2.05, 4.69) is 20.8 Å². The predicted molar refractivity (Wildman–Crippen MR) is 105 cm³/mol. The minimum Gasteiger partial charge on any atom is -0.493 e. The van der Waals surface area contributed by atoms with Crippen molar-refractivity contribution in [1.29, 1.82) is 0 Å². The minimum atomic E-state index is 0.475. The molecule has 2 N–H and O–H groups in total. The second kappa shape index (κ2) is 8.75. The van der Waals surface area contributed by atoms with Crippen molar-refractivity contribution in [3.05, 3.63) is 60.3 Å². The molecule has 0 saturated carbocycles. The molecule has 0 atom stereocenters. The lowest BCUT2D eigenvalue weighted by atomic mass is 10.2. The van der Waals surface area contributed by atoms with Gasteiger partial charge in [-0.3, -0.25) is 4.99 Å². The monoisotopic (exact) mass is 366 g/mol. The van der Waals surface area contributed by atoms with Crippen molar-refractivity contribution in [3.63, 3.8) is 0 Å². The summed E-state index contributed by atoms with van der Waals surface area (Å²) < 4.78 is 16.0. The van der Waals surface area contributed by atoms with Crippen molar-refractivity contribution in [2.24, 2.45) is 4.99 Å². The van der Waals surface area contributed by atoms with Crippen molar-refractivity contribution in [3.8, 4) is 22.8 Å². The molecule has 0 bridgehead atoms. The molecule has 1 aromatic heterocycles. The first-order chi connectivity index (χ1) is 13.2. The molecule has 0 saturated heterocycles. The van der Waals surface area contributed by atoms with Gasteiger partial charge in [-0.2, -0.15) is 0 Å². The fourth-order valence-electron chi connectivity index (χ4n) is 2.54. The van der Waals surface area contributed by atoms with Crippen LogP contribution < -0.4 is 20.1 Å². The zero-order valence-electron chi connectivity index (χ0n) is 15.5. The third-order valence-electron chi connectivity index (χ3n) is 3.92. The molecule has 3 aromatic rings. The Labute approximate surface area is 158 Å². The highest BCUT2D eigenvalue weighted by Gasteiger charge is 2.09. The summed E-state index contributed by atoms with van der Waals surface area (Å²) in [4.78, 5) is 4.23. The fraction of sp³-hybridized carbons (Fsp3) is 0.200. The van der Waals surface area contributed by atoms with Crippen molar-refractivity contribution < 1.29 is 14.0 Å². The Morgan fingerprint density at radius 1 is 1.04 bits per heavy atom. The van der Waals surface area contributed by atoms with Crippen molar-refractivity contribution in [1.82, 2.24) is 10.5 Å². The van der Waals surface area contributed by atoms with Gasteiger partial charge in [0.15, 0.2) is 23.2 Å². The van der Waals surface area contributed by atoms with Crippen LogP contribution in [0.25, 0.3) is 11.3 Å². The summed E-state index contributed by atoms with van der Waals surface area (Å²) in [5.74, 6) is 2.64. The number of methoxy groups -OCH3 is 2. The molecule has 0 aliphatic rings. The number of aromatic nitrogens is 1. The lowest BCUT2D eigenvalue weighted by molar-refractivity contribution is 0.355. The molecule has 27 heavy (non-hydrogen) atoms. The summed E-state index contributed by atoms with van der Waals surface area (Å²) in [7, 11) is 4.91. The summed E-state index contributed by atoms with van der Waals surface area (Å²) in [5, 5.41) is 10.5. The van der Waals surface area contributed by atoms with Crippen LogP contribution >= 0.6 is 0 Å². The average Bonchev–Trinajstić information content (AvgIpc) is 3.20. The molecule has 0 unspecified atom stereocenters. The number of hydrogen-bond acceptors (Lipinski definition) is 5. The van der Waals surface area contributed by atoms with E-state index in [1.807, 2.05) is 54.6 Å². The van der Waals surface area contributed by atoms with E-state index in [0.717, 1.165) is 22.7 Å². The van der Waals surface area contributed by atoms with Crippen LogP contribution in [0.3, 0.4) is 0 Å². The largest absolute Gasteiger partial charge is 0.493 e. The Balaban J connectivity index is 1.62. The summed E-state index contributed by atoms with van der Waals surface area (Å²) in [5.41, 5.74) is 2.60. The van der Waals surface area contributed by atoms with E-state index in [-0.39, 0.29) is 0 Å². The first kappa shape index (κ1) is 18.3. The second-order valence-corrected chi connectivity index (χ2v) is 5.67. The number of nitrogens with zero attached hydrogens (tertiary/aromatic N) is 2. The van der Waals surface area contributed by atoms with Gasteiger partial charge in [-0.05, 0) is 12.1 Å². The van der Waals surface area contributed by atoms with Gasteiger partial charge >= 0.3 is 0 Å².